The fourth-order valence-corrected chi connectivity index (χ4v) is 3.53. The van der Waals surface area contributed by atoms with Crippen molar-refractivity contribution in [1.29, 1.82) is 0 Å². The molecule has 3 amide bonds. The van der Waals surface area contributed by atoms with Gasteiger partial charge >= 0.3 is 6.03 Å². The number of amides is 3. The van der Waals surface area contributed by atoms with Crippen molar-refractivity contribution in [3.63, 3.8) is 0 Å². The topological polar surface area (TPSA) is 82.5 Å². The average molecular weight is 401 g/mol. The van der Waals surface area contributed by atoms with E-state index in [2.05, 4.69) is 20.1 Å². The van der Waals surface area contributed by atoms with Crippen LogP contribution < -0.4 is 10.6 Å². The van der Waals surface area contributed by atoms with E-state index in [1.807, 2.05) is 57.8 Å². The molecule has 0 unspecified atom stereocenters. The predicted octanol–water partition coefficient (Wildman–Crippen LogP) is 1.95. The van der Waals surface area contributed by atoms with Gasteiger partial charge < -0.3 is 20.1 Å². The van der Waals surface area contributed by atoms with Crippen LogP contribution in [0.5, 0.6) is 0 Å². The summed E-state index contributed by atoms with van der Waals surface area (Å²) < 4.78 is 2.08. The minimum atomic E-state index is -0.0788. The molecule has 0 atom stereocenters. The third-order valence-corrected chi connectivity index (χ3v) is 5.09. The highest BCUT2D eigenvalue weighted by atomic mass is 16.2. The third kappa shape index (κ3) is 5.06. The van der Waals surface area contributed by atoms with E-state index in [0.29, 0.717) is 18.7 Å². The average Bonchev–Trinajstić information content (AvgIpc) is 2.96. The molecule has 1 saturated heterocycles. The molecule has 0 aliphatic carbocycles. The van der Waals surface area contributed by atoms with E-state index < -0.39 is 0 Å². The van der Waals surface area contributed by atoms with Crippen LogP contribution >= 0.6 is 0 Å². The molecule has 1 fully saturated rings. The van der Waals surface area contributed by atoms with E-state index in [1.165, 1.54) is 0 Å². The molecule has 2 aromatic rings. The van der Waals surface area contributed by atoms with Crippen LogP contribution in [0.1, 0.15) is 43.9 Å². The number of aryl methyl sites for hydroxylation is 1. The zero-order valence-electron chi connectivity index (χ0n) is 18.0. The third-order valence-electron chi connectivity index (χ3n) is 5.09. The van der Waals surface area contributed by atoms with Gasteiger partial charge in [0.15, 0.2) is 0 Å². The van der Waals surface area contributed by atoms with E-state index in [-0.39, 0.29) is 24.0 Å². The Hall–Kier alpha value is -2.61. The van der Waals surface area contributed by atoms with Gasteiger partial charge in [-0.25, -0.2) is 9.78 Å². The van der Waals surface area contributed by atoms with Crippen molar-refractivity contribution in [2.24, 2.45) is 7.05 Å². The summed E-state index contributed by atoms with van der Waals surface area (Å²) in [6, 6.07) is 5.90. The van der Waals surface area contributed by atoms with E-state index in [0.717, 1.165) is 36.5 Å². The molecule has 1 aliphatic rings. The summed E-state index contributed by atoms with van der Waals surface area (Å²) in [5.41, 5.74) is 2.46. The van der Waals surface area contributed by atoms with Crippen LogP contribution in [0.3, 0.4) is 0 Å². The van der Waals surface area contributed by atoms with E-state index in [4.69, 9.17) is 4.98 Å². The maximum absolute atomic E-state index is 12.3. The first-order valence-electron chi connectivity index (χ1n) is 10.3. The molecule has 2 N–H and O–H groups in total. The smallest absolute Gasteiger partial charge is 0.317 e. The summed E-state index contributed by atoms with van der Waals surface area (Å²) in [5, 5.41) is 5.87. The number of carbonyl (C=O) groups excluding carboxylic acids is 2. The molecule has 0 spiro atoms. The fraction of sp³-hybridized carbons (Fsp3) is 0.571. The summed E-state index contributed by atoms with van der Waals surface area (Å²) in [7, 11) is 2.00. The summed E-state index contributed by atoms with van der Waals surface area (Å²) in [6.07, 6.45) is 0. The zero-order chi connectivity index (χ0) is 21.1. The number of fused-ring (bicyclic) bond motifs is 1. The van der Waals surface area contributed by atoms with Gasteiger partial charge in [0.1, 0.15) is 5.82 Å². The van der Waals surface area contributed by atoms with E-state index in [1.54, 1.807) is 0 Å². The van der Waals surface area contributed by atoms with Crippen LogP contribution in [0.15, 0.2) is 18.2 Å². The van der Waals surface area contributed by atoms with Crippen LogP contribution in [0, 0.1) is 0 Å². The highest BCUT2D eigenvalue weighted by molar-refractivity contribution is 5.97. The molecule has 2 heterocycles. The number of nitrogens with zero attached hydrogens (tertiary/aromatic N) is 4. The molecule has 1 aliphatic heterocycles. The lowest BCUT2D eigenvalue weighted by molar-refractivity contribution is 0.0943. The first-order valence-corrected chi connectivity index (χ1v) is 10.3. The lowest BCUT2D eigenvalue weighted by Gasteiger charge is -2.34. The molecule has 0 saturated carbocycles. The zero-order valence-corrected chi connectivity index (χ0v) is 18.0. The molecular formula is C21H32N6O2. The van der Waals surface area contributed by atoms with Crippen LogP contribution in [0.2, 0.25) is 0 Å². The Morgan fingerprint density at radius 1 is 1.03 bits per heavy atom. The first kappa shape index (κ1) is 21.1. The lowest BCUT2D eigenvalue weighted by Crippen LogP contribution is -2.52. The lowest BCUT2D eigenvalue weighted by atomic mass is 10.2. The highest BCUT2D eigenvalue weighted by Crippen LogP contribution is 2.19. The van der Waals surface area contributed by atoms with Gasteiger partial charge in [0.2, 0.25) is 0 Å². The van der Waals surface area contributed by atoms with Gasteiger partial charge in [0.05, 0.1) is 17.6 Å². The second-order valence-electron chi connectivity index (χ2n) is 8.29. The molecule has 8 heteroatoms. The van der Waals surface area contributed by atoms with E-state index >= 15 is 0 Å². The maximum atomic E-state index is 12.3. The quantitative estimate of drug-likeness (QED) is 0.804. The number of hydrogen-bond donors (Lipinski definition) is 2. The number of hydrogen-bond acceptors (Lipinski definition) is 4. The molecule has 0 radical (unpaired) electrons. The predicted molar refractivity (Wildman–Crippen MR) is 114 cm³/mol. The van der Waals surface area contributed by atoms with Crippen molar-refractivity contribution in [3.05, 3.63) is 29.6 Å². The summed E-state index contributed by atoms with van der Waals surface area (Å²) in [5.74, 6) is 0.881. The Labute approximate surface area is 172 Å². The largest absolute Gasteiger partial charge is 0.350 e. The molecule has 8 nitrogen and oxygen atoms in total. The molecule has 158 valence electrons. The number of rotatable bonds is 5. The monoisotopic (exact) mass is 400 g/mol. The van der Waals surface area contributed by atoms with Crippen molar-refractivity contribution in [2.75, 3.05) is 26.2 Å². The van der Waals surface area contributed by atoms with Crippen molar-refractivity contribution in [3.8, 4) is 0 Å². The van der Waals surface area contributed by atoms with Gasteiger partial charge in [0.25, 0.3) is 5.91 Å². The SMILES string of the molecule is CC(C)NC(=O)c1ccc2c(c1)nc(CN1CCN(C(=O)NC(C)C)CC1)n2C. The summed E-state index contributed by atoms with van der Waals surface area (Å²) >= 11 is 0. The Morgan fingerprint density at radius 2 is 1.69 bits per heavy atom. The second-order valence-corrected chi connectivity index (χ2v) is 8.29. The number of urea groups is 1. The molecule has 0 bridgehead atoms. The van der Waals surface area contributed by atoms with Gasteiger partial charge in [-0.05, 0) is 45.9 Å². The maximum Gasteiger partial charge on any atom is 0.317 e. The standard InChI is InChI=1S/C21H32N6O2/c1-14(2)22-20(28)16-6-7-18-17(12-16)24-19(25(18)5)13-26-8-10-27(11-9-26)21(29)23-15(3)4/h6-7,12,14-15H,8-11,13H2,1-5H3,(H,22,28)(H,23,29). The fourth-order valence-electron chi connectivity index (χ4n) is 3.53. The van der Waals surface area contributed by atoms with Gasteiger partial charge in [-0.1, -0.05) is 0 Å². The molecular weight excluding hydrogens is 368 g/mol. The summed E-state index contributed by atoms with van der Waals surface area (Å²) in [4.78, 5) is 33.4. The number of aromatic nitrogens is 2. The Bertz CT molecular complexity index is 881. The van der Waals surface area contributed by atoms with Crippen molar-refractivity contribution in [1.82, 2.24) is 30.0 Å². The minimum Gasteiger partial charge on any atom is -0.350 e. The van der Waals surface area contributed by atoms with Crippen LogP contribution in [0.25, 0.3) is 11.0 Å². The Kier molecular flexibility index (Phi) is 6.42. The molecule has 29 heavy (non-hydrogen) atoms. The van der Waals surface area contributed by atoms with E-state index in [9.17, 15) is 9.59 Å². The van der Waals surface area contributed by atoms with Gasteiger partial charge in [0, 0.05) is 50.9 Å². The second kappa shape index (κ2) is 8.82. The van der Waals surface area contributed by atoms with Crippen LogP contribution in [-0.4, -0.2) is 69.6 Å². The molecule has 1 aromatic carbocycles. The minimum absolute atomic E-state index is 0.00887. The van der Waals surface area contributed by atoms with Gasteiger partial charge in [-0.3, -0.25) is 9.69 Å². The van der Waals surface area contributed by atoms with Crippen molar-refractivity contribution >= 4 is 23.0 Å². The van der Waals surface area contributed by atoms with Crippen molar-refractivity contribution < 1.29 is 9.59 Å². The summed E-state index contributed by atoms with van der Waals surface area (Å²) in [6.45, 7) is 11.6. The normalized spacial score (nSPS) is 15.3. The Morgan fingerprint density at radius 3 is 2.31 bits per heavy atom. The number of carbonyl (C=O) groups is 2. The van der Waals surface area contributed by atoms with Crippen LogP contribution in [0.4, 0.5) is 4.79 Å². The molecule has 1 aromatic heterocycles. The number of benzene rings is 1. The van der Waals surface area contributed by atoms with Crippen molar-refractivity contribution in [2.45, 2.75) is 46.3 Å². The van der Waals surface area contributed by atoms with Gasteiger partial charge in [-0.2, -0.15) is 0 Å². The highest BCUT2D eigenvalue weighted by Gasteiger charge is 2.23. The number of imidazole rings is 1. The van der Waals surface area contributed by atoms with Gasteiger partial charge in [-0.15, -0.1) is 0 Å². The molecule has 3 rings (SSSR count). The Balaban J connectivity index is 1.66. The number of nitrogens with one attached hydrogen (secondary N) is 2. The number of piperazine rings is 1. The van der Waals surface area contributed by atoms with Crippen LogP contribution in [-0.2, 0) is 13.6 Å². The first-order chi connectivity index (χ1) is 13.7.